The Bertz CT molecular complexity index is 1160. The number of aliphatic hydroxyl groups excluding tert-OH is 1. The van der Waals surface area contributed by atoms with E-state index in [1.165, 1.54) is 33.5 Å². The van der Waals surface area contributed by atoms with Gasteiger partial charge in [0.15, 0.2) is 5.82 Å². The summed E-state index contributed by atoms with van der Waals surface area (Å²) in [5.74, 6) is -0.539. The van der Waals surface area contributed by atoms with Gasteiger partial charge < -0.3 is 24.6 Å². The summed E-state index contributed by atoms with van der Waals surface area (Å²) in [4.78, 5) is 20.5. The van der Waals surface area contributed by atoms with Crippen LogP contribution in [0.4, 0.5) is 5.69 Å². The highest BCUT2D eigenvalue weighted by Crippen LogP contribution is 2.34. The number of nitrogens with zero attached hydrogens (tertiary/aromatic N) is 3. The van der Waals surface area contributed by atoms with E-state index in [4.69, 9.17) is 14.2 Å². The number of carbonyl (C=O) groups is 1. The smallest absolute Gasteiger partial charge is 0.262 e. The Labute approximate surface area is 209 Å². The second-order valence-corrected chi connectivity index (χ2v) is 10.0. The first-order valence-corrected chi connectivity index (χ1v) is 12.6. The zero-order valence-corrected chi connectivity index (χ0v) is 21.2. The van der Waals surface area contributed by atoms with Crippen molar-refractivity contribution >= 4 is 27.6 Å². The van der Waals surface area contributed by atoms with Crippen molar-refractivity contribution in [3.8, 4) is 11.5 Å². The van der Waals surface area contributed by atoms with Gasteiger partial charge in [-0.25, -0.2) is 18.4 Å². The number of benzene rings is 1. The summed E-state index contributed by atoms with van der Waals surface area (Å²) in [7, 11) is -1.50. The molecule has 1 fully saturated rings. The second-order valence-electron chi connectivity index (χ2n) is 8.06. The molecule has 0 unspecified atom stereocenters. The van der Waals surface area contributed by atoms with Gasteiger partial charge in [-0.2, -0.15) is 0 Å². The van der Waals surface area contributed by atoms with Crippen LogP contribution in [-0.2, 0) is 19.6 Å². The van der Waals surface area contributed by atoms with E-state index in [-0.39, 0.29) is 24.1 Å². The van der Waals surface area contributed by atoms with Crippen LogP contribution in [0.3, 0.4) is 0 Å². The Kier molecular flexibility index (Phi) is 9.01. The first kappa shape index (κ1) is 27.1. The molecule has 4 N–H and O–H groups in total. The molecule has 3 rings (SSSR count). The molecule has 1 aliphatic heterocycles. The largest absolute Gasteiger partial charge is 0.494 e. The summed E-state index contributed by atoms with van der Waals surface area (Å²) < 4.78 is 46.0. The van der Waals surface area contributed by atoms with E-state index in [1.807, 2.05) is 0 Å². The van der Waals surface area contributed by atoms with Crippen molar-refractivity contribution in [1.82, 2.24) is 20.8 Å². The second kappa shape index (κ2) is 12.0. The number of sulfonamides is 1. The zero-order chi connectivity index (χ0) is 26.3. The van der Waals surface area contributed by atoms with Crippen LogP contribution in [-0.4, -0.2) is 68.0 Å². The number of aromatic nitrogens is 2. The lowest BCUT2D eigenvalue weighted by Crippen LogP contribution is -2.48. The first-order valence-electron chi connectivity index (χ1n) is 11.1. The summed E-state index contributed by atoms with van der Waals surface area (Å²) in [6.45, 7) is 3.76. The summed E-state index contributed by atoms with van der Waals surface area (Å²) in [5.41, 5.74) is 5.99. The van der Waals surface area contributed by atoms with Gasteiger partial charge in [-0.3, -0.25) is 15.6 Å². The van der Waals surface area contributed by atoms with E-state index in [2.05, 4.69) is 30.5 Å². The molecular weight excluding hydrogens is 492 g/mol. The number of carbonyl (C=O) groups excluding carboxylic acids is 1. The van der Waals surface area contributed by atoms with Gasteiger partial charge in [-0.1, -0.05) is 6.07 Å². The normalized spacial score (nSPS) is 17.7. The number of hydrogen-bond acceptors (Lipinski definition) is 9. The van der Waals surface area contributed by atoms with Gasteiger partial charge in [0.2, 0.25) is 11.9 Å². The lowest BCUT2D eigenvalue weighted by Gasteiger charge is -2.20. The molecule has 1 aliphatic rings. The number of aryl methyl sites for hydroxylation is 1. The van der Waals surface area contributed by atoms with Crippen molar-refractivity contribution in [3.63, 3.8) is 0 Å². The van der Waals surface area contributed by atoms with Crippen LogP contribution in [0.15, 0.2) is 35.0 Å². The molecule has 1 aromatic carbocycles. The molecule has 0 aliphatic carbocycles. The third-order valence-corrected chi connectivity index (χ3v) is 7.11. The summed E-state index contributed by atoms with van der Waals surface area (Å²) in [6, 6.07) is 4.95. The highest BCUT2D eigenvalue weighted by atomic mass is 32.2. The van der Waals surface area contributed by atoms with Gasteiger partial charge in [0.1, 0.15) is 28.5 Å². The number of ether oxygens (including phenoxy) is 3. The van der Waals surface area contributed by atoms with Gasteiger partial charge >= 0.3 is 0 Å². The molecule has 3 atom stereocenters. The Morgan fingerprint density at radius 1 is 1.19 bits per heavy atom. The minimum Gasteiger partial charge on any atom is -0.494 e. The number of hydrazine groups is 1. The predicted octanol–water partition coefficient (Wildman–Crippen LogP) is 0.679. The van der Waals surface area contributed by atoms with Crippen LogP contribution in [0.5, 0.6) is 11.5 Å². The maximum atomic E-state index is 13.1. The Balaban J connectivity index is 1.91. The highest BCUT2D eigenvalue weighted by molar-refractivity contribution is 7.90. The minimum atomic E-state index is -4.37. The molecule has 13 nitrogen and oxygen atoms in total. The Morgan fingerprint density at radius 3 is 2.39 bits per heavy atom. The Morgan fingerprint density at radius 2 is 1.83 bits per heavy atom. The number of amides is 1. The predicted molar refractivity (Wildman–Crippen MR) is 131 cm³/mol. The molecule has 1 saturated heterocycles. The van der Waals surface area contributed by atoms with Gasteiger partial charge in [0, 0.05) is 19.0 Å². The van der Waals surface area contributed by atoms with Crippen LogP contribution < -0.4 is 25.6 Å². The topological polar surface area (TPSA) is 173 Å². The lowest BCUT2D eigenvalue weighted by atomic mass is 10.1. The van der Waals surface area contributed by atoms with E-state index in [1.54, 1.807) is 25.1 Å². The van der Waals surface area contributed by atoms with Crippen molar-refractivity contribution in [2.75, 3.05) is 32.8 Å². The molecule has 36 heavy (non-hydrogen) atoms. The molecule has 0 radical (unpaired) electrons. The molecule has 1 aromatic heterocycles. The number of anilines is 1. The summed E-state index contributed by atoms with van der Waals surface area (Å²) in [6.07, 6.45) is 1.93. The molecule has 0 spiro atoms. The van der Waals surface area contributed by atoms with Crippen molar-refractivity contribution in [1.29, 1.82) is 0 Å². The SMILES string of the molecule is COc1cccc(OC)c1NC(=NS(=O)(=O)[C@@H](C)[C@H](O)c1ncc(C)cn1)NNC(=O)[C@@H]1CCOC1. The minimum absolute atomic E-state index is 0.0599. The average molecular weight is 523 g/mol. The molecule has 196 valence electrons. The Hall–Kier alpha value is -3.49. The third-order valence-electron chi connectivity index (χ3n) is 5.47. The molecule has 1 amide bonds. The van der Waals surface area contributed by atoms with Gasteiger partial charge in [0.25, 0.3) is 10.0 Å². The maximum Gasteiger partial charge on any atom is 0.262 e. The molecule has 0 bridgehead atoms. The fourth-order valence-corrected chi connectivity index (χ4v) is 4.23. The van der Waals surface area contributed by atoms with Crippen molar-refractivity contribution < 1.29 is 32.5 Å². The first-order chi connectivity index (χ1) is 17.2. The molecular formula is C22H30N6O7S. The number of hydrogen-bond donors (Lipinski definition) is 4. The number of aliphatic hydroxyl groups is 1. The fraction of sp³-hybridized carbons (Fsp3) is 0.455. The van der Waals surface area contributed by atoms with Crippen LogP contribution in [0.1, 0.15) is 30.8 Å². The van der Waals surface area contributed by atoms with Crippen LogP contribution in [0.25, 0.3) is 0 Å². The lowest BCUT2D eigenvalue weighted by molar-refractivity contribution is -0.125. The van der Waals surface area contributed by atoms with Gasteiger partial charge in [-0.15, -0.1) is 4.40 Å². The van der Waals surface area contributed by atoms with Crippen LogP contribution in [0.2, 0.25) is 0 Å². The number of nitrogens with one attached hydrogen (secondary N) is 3. The highest BCUT2D eigenvalue weighted by Gasteiger charge is 2.32. The standard InChI is InChI=1S/C22H30N6O7S/c1-13-10-23-20(24-11-13)19(29)14(2)36(31,32)28-22(27-26-21(30)15-8-9-35-12-15)25-18-16(33-3)6-5-7-17(18)34-4/h5-7,10-11,14-15,19,29H,8-9,12H2,1-4H3,(H,26,30)(H2,25,27,28)/t14-,15+,19-/m0/s1. The third kappa shape index (κ3) is 6.59. The monoisotopic (exact) mass is 522 g/mol. The zero-order valence-electron chi connectivity index (χ0n) is 20.4. The van der Waals surface area contributed by atoms with Crippen LogP contribution in [0, 0.1) is 12.8 Å². The van der Waals surface area contributed by atoms with Crippen LogP contribution >= 0.6 is 0 Å². The fourth-order valence-electron chi connectivity index (χ4n) is 3.27. The maximum absolute atomic E-state index is 13.1. The number of methoxy groups -OCH3 is 2. The van der Waals surface area contributed by atoms with Gasteiger partial charge in [0.05, 0.1) is 26.7 Å². The number of para-hydroxylation sites is 1. The van der Waals surface area contributed by atoms with E-state index in [9.17, 15) is 18.3 Å². The van der Waals surface area contributed by atoms with E-state index in [0.717, 1.165) is 5.56 Å². The molecule has 2 heterocycles. The summed E-state index contributed by atoms with van der Waals surface area (Å²) >= 11 is 0. The van der Waals surface area contributed by atoms with E-state index < -0.39 is 33.2 Å². The number of guanidine groups is 1. The molecule has 0 saturated carbocycles. The quantitative estimate of drug-likeness (QED) is 0.218. The molecule has 2 aromatic rings. The van der Waals surface area contributed by atoms with Gasteiger partial charge in [-0.05, 0) is 38.0 Å². The summed E-state index contributed by atoms with van der Waals surface area (Å²) in [5, 5.41) is 12.0. The van der Waals surface area contributed by atoms with E-state index in [0.29, 0.717) is 24.5 Å². The van der Waals surface area contributed by atoms with E-state index >= 15 is 0 Å². The number of rotatable bonds is 8. The average Bonchev–Trinajstić information content (AvgIpc) is 3.42. The van der Waals surface area contributed by atoms with Crippen molar-refractivity contribution in [2.24, 2.45) is 10.3 Å². The molecule has 14 heteroatoms. The van der Waals surface area contributed by atoms with Crippen molar-refractivity contribution in [3.05, 3.63) is 42.0 Å². The van der Waals surface area contributed by atoms with Crippen molar-refractivity contribution in [2.45, 2.75) is 31.6 Å².